The average Bonchev–Trinajstić information content (AvgIpc) is 2.72. The number of benzene rings is 2. The summed E-state index contributed by atoms with van der Waals surface area (Å²) in [5.41, 5.74) is 1.92. The molecular formula is C22H30FN3O3. The van der Waals surface area contributed by atoms with Gasteiger partial charge in [-0.15, -0.1) is 0 Å². The predicted octanol–water partition coefficient (Wildman–Crippen LogP) is 3.46. The summed E-state index contributed by atoms with van der Waals surface area (Å²) in [6, 6.07) is 12.9. The van der Waals surface area contributed by atoms with E-state index in [0.717, 1.165) is 23.3 Å². The number of halogens is 1. The molecule has 0 saturated heterocycles. The Labute approximate surface area is 172 Å². The number of rotatable bonds is 10. The molecule has 2 rings (SSSR count). The summed E-state index contributed by atoms with van der Waals surface area (Å²) >= 11 is 0. The highest BCUT2D eigenvalue weighted by Crippen LogP contribution is 2.18. The smallest absolute Gasteiger partial charge is 0.193 e. The van der Waals surface area contributed by atoms with Crippen LogP contribution in [0.4, 0.5) is 4.39 Å². The van der Waals surface area contributed by atoms with Crippen LogP contribution in [0, 0.1) is 5.82 Å². The molecule has 7 heteroatoms. The first-order valence-corrected chi connectivity index (χ1v) is 9.52. The number of hydrogen-bond donors (Lipinski definition) is 1. The maximum atomic E-state index is 13.9. The number of nitrogens with zero attached hydrogens (tertiary/aromatic N) is 2. The van der Waals surface area contributed by atoms with Crippen molar-refractivity contribution in [2.45, 2.75) is 19.5 Å². The van der Waals surface area contributed by atoms with Gasteiger partial charge in [-0.1, -0.05) is 18.2 Å². The summed E-state index contributed by atoms with van der Waals surface area (Å²) in [6.45, 7) is 2.42. The molecule has 2 aromatic rings. The van der Waals surface area contributed by atoms with Gasteiger partial charge < -0.3 is 24.4 Å². The van der Waals surface area contributed by atoms with E-state index in [4.69, 9.17) is 14.2 Å². The SMILES string of the molecule is CN=C(NCc1cccc(OCCCOC)c1)N(C)Cc1ccc(OC)c(F)c1. The van der Waals surface area contributed by atoms with Gasteiger partial charge >= 0.3 is 0 Å². The van der Waals surface area contributed by atoms with Crippen molar-refractivity contribution >= 4 is 5.96 Å². The largest absolute Gasteiger partial charge is 0.494 e. The number of hydrogen-bond acceptors (Lipinski definition) is 4. The minimum atomic E-state index is -0.372. The highest BCUT2D eigenvalue weighted by molar-refractivity contribution is 5.79. The van der Waals surface area contributed by atoms with Crippen LogP contribution in [0.25, 0.3) is 0 Å². The molecule has 0 aliphatic heterocycles. The molecule has 0 heterocycles. The van der Waals surface area contributed by atoms with Crippen LogP contribution in [0.2, 0.25) is 0 Å². The molecule has 0 unspecified atom stereocenters. The third kappa shape index (κ3) is 7.27. The molecule has 0 spiro atoms. The fraction of sp³-hybridized carbons (Fsp3) is 0.409. The number of guanidine groups is 1. The van der Waals surface area contributed by atoms with Crippen LogP contribution in [0.5, 0.6) is 11.5 Å². The molecule has 1 N–H and O–H groups in total. The average molecular weight is 403 g/mol. The molecular weight excluding hydrogens is 373 g/mol. The Balaban J connectivity index is 1.90. The topological polar surface area (TPSA) is 55.3 Å². The minimum absolute atomic E-state index is 0.239. The van der Waals surface area contributed by atoms with E-state index >= 15 is 0 Å². The zero-order chi connectivity index (χ0) is 21.1. The molecule has 0 saturated carbocycles. The third-order valence-electron chi connectivity index (χ3n) is 4.32. The van der Waals surface area contributed by atoms with Gasteiger partial charge in [0.15, 0.2) is 17.5 Å². The second kappa shape index (κ2) is 11.9. The van der Waals surface area contributed by atoms with Crippen molar-refractivity contribution in [3.05, 3.63) is 59.4 Å². The quantitative estimate of drug-likeness (QED) is 0.374. The van der Waals surface area contributed by atoms with E-state index in [0.29, 0.717) is 32.3 Å². The lowest BCUT2D eigenvalue weighted by molar-refractivity contribution is 0.172. The lowest BCUT2D eigenvalue weighted by Crippen LogP contribution is -2.38. The summed E-state index contributed by atoms with van der Waals surface area (Å²) in [7, 11) is 6.77. The van der Waals surface area contributed by atoms with Gasteiger partial charge in [-0.25, -0.2) is 4.39 Å². The van der Waals surface area contributed by atoms with Gasteiger partial charge in [-0.3, -0.25) is 4.99 Å². The number of nitrogens with one attached hydrogen (secondary N) is 1. The van der Waals surface area contributed by atoms with E-state index in [1.54, 1.807) is 20.2 Å². The summed E-state index contributed by atoms with van der Waals surface area (Å²) in [5.74, 6) is 1.41. The molecule has 0 atom stereocenters. The van der Waals surface area contributed by atoms with E-state index in [1.165, 1.54) is 13.2 Å². The maximum absolute atomic E-state index is 13.9. The van der Waals surface area contributed by atoms with E-state index < -0.39 is 0 Å². The van der Waals surface area contributed by atoms with E-state index in [1.807, 2.05) is 42.3 Å². The summed E-state index contributed by atoms with van der Waals surface area (Å²) in [6.07, 6.45) is 0.850. The monoisotopic (exact) mass is 403 g/mol. The first kappa shape index (κ1) is 22.5. The van der Waals surface area contributed by atoms with Crippen molar-refractivity contribution in [2.24, 2.45) is 4.99 Å². The summed E-state index contributed by atoms with van der Waals surface area (Å²) in [4.78, 5) is 6.25. The Kier molecular flexibility index (Phi) is 9.24. The highest BCUT2D eigenvalue weighted by Gasteiger charge is 2.09. The van der Waals surface area contributed by atoms with Gasteiger partial charge in [0.2, 0.25) is 0 Å². The van der Waals surface area contributed by atoms with Gasteiger partial charge in [-0.05, 0) is 35.4 Å². The first-order chi connectivity index (χ1) is 14.1. The van der Waals surface area contributed by atoms with Gasteiger partial charge in [0.25, 0.3) is 0 Å². The van der Waals surface area contributed by atoms with Gasteiger partial charge in [0.1, 0.15) is 5.75 Å². The Morgan fingerprint density at radius 2 is 1.93 bits per heavy atom. The molecule has 2 aromatic carbocycles. The van der Waals surface area contributed by atoms with Crippen molar-refractivity contribution in [3.63, 3.8) is 0 Å². The Morgan fingerprint density at radius 3 is 2.62 bits per heavy atom. The Bertz CT molecular complexity index is 799. The molecule has 0 radical (unpaired) electrons. The Morgan fingerprint density at radius 1 is 1.10 bits per heavy atom. The van der Waals surface area contributed by atoms with E-state index in [-0.39, 0.29) is 11.6 Å². The van der Waals surface area contributed by atoms with Crippen LogP contribution in [-0.2, 0) is 17.8 Å². The lowest BCUT2D eigenvalue weighted by atomic mass is 10.2. The second-order valence-corrected chi connectivity index (χ2v) is 6.57. The molecule has 0 aromatic heterocycles. The normalized spacial score (nSPS) is 11.3. The molecule has 0 fully saturated rings. The molecule has 6 nitrogen and oxygen atoms in total. The van der Waals surface area contributed by atoms with Crippen LogP contribution in [-0.4, -0.2) is 52.4 Å². The first-order valence-electron chi connectivity index (χ1n) is 9.52. The van der Waals surface area contributed by atoms with Crippen molar-refractivity contribution in [2.75, 3.05) is 41.5 Å². The predicted molar refractivity (Wildman–Crippen MR) is 113 cm³/mol. The lowest BCUT2D eigenvalue weighted by Gasteiger charge is -2.22. The fourth-order valence-electron chi connectivity index (χ4n) is 2.86. The van der Waals surface area contributed by atoms with Gasteiger partial charge in [0.05, 0.1) is 13.7 Å². The summed E-state index contributed by atoms with van der Waals surface area (Å²) in [5, 5.41) is 3.33. The van der Waals surface area contributed by atoms with E-state index in [9.17, 15) is 4.39 Å². The van der Waals surface area contributed by atoms with Crippen molar-refractivity contribution in [1.82, 2.24) is 10.2 Å². The van der Waals surface area contributed by atoms with Crippen LogP contribution < -0.4 is 14.8 Å². The fourth-order valence-corrected chi connectivity index (χ4v) is 2.86. The molecule has 158 valence electrons. The standard InChI is InChI=1S/C22H30FN3O3/c1-24-22(26(2)16-18-9-10-21(28-4)20(23)14-18)25-15-17-7-5-8-19(13-17)29-12-6-11-27-3/h5,7-10,13-14H,6,11-12,15-16H2,1-4H3,(H,24,25). The zero-order valence-corrected chi connectivity index (χ0v) is 17.6. The second-order valence-electron chi connectivity index (χ2n) is 6.57. The van der Waals surface area contributed by atoms with Crippen molar-refractivity contribution < 1.29 is 18.6 Å². The van der Waals surface area contributed by atoms with Gasteiger partial charge in [0, 0.05) is 47.3 Å². The molecule has 0 bridgehead atoms. The minimum Gasteiger partial charge on any atom is -0.494 e. The van der Waals surface area contributed by atoms with Crippen molar-refractivity contribution in [1.29, 1.82) is 0 Å². The number of ether oxygens (including phenoxy) is 3. The molecule has 0 amide bonds. The van der Waals surface area contributed by atoms with Crippen molar-refractivity contribution in [3.8, 4) is 11.5 Å². The Hall–Kier alpha value is -2.80. The zero-order valence-electron chi connectivity index (χ0n) is 17.6. The molecule has 0 aliphatic rings. The number of methoxy groups -OCH3 is 2. The maximum Gasteiger partial charge on any atom is 0.193 e. The van der Waals surface area contributed by atoms with Gasteiger partial charge in [-0.2, -0.15) is 0 Å². The number of aliphatic imine (C=N–C) groups is 1. The summed E-state index contributed by atoms with van der Waals surface area (Å²) < 4.78 is 29.7. The molecule has 29 heavy (non-hydrogen) atoms. The van der Waals surface area contributed by atoms with Crippen LogP contribution in [0.1, 0.15) is 17.5 Å². The highest BCUT2D eigenvalue weighted by atomic mass is 19.1. The van der Waals surface area contributed by atoms with Crippen LogP contribution >= 0.6 is 0 Å². The van der Waals surface area contributed by atoms with Crippen LogP contribution in [0.15, 0.2) is 47.5 Å². The van der Waals surface area contributed by atoms with Crippen LogP contribution in [0.3, 0.4) is 0 Å². The van der Waals surface area contributed by atoms with E-state index in [2.05, 4.69) is 10.3 Å². The molecule has 0 aliphatic carbocycles. The third-order valence-corrected chi connectivity index (χ3v) is 4.32.